The molecule has 4 rings (SSSR count). The van der Waals surface area contributed by atoms with Crippen LogP contribution in [0.2, 0.25) is 0 Å². The van der Waals surface area contributed by atoms with Crippen molar-refractivity contribution in [2.24, 2.45) is 0 Å². The Bertz CT molecular complexity index is 1150. The van der Waals surface area contributed by atoms with Crippen LogP contribution < -0.4 is 16.6 Å². The van der Waals surface area contributed by atoms with Crippen molar-refractivity contribution in [2.45, 2.75) is 37.9 Å². The molecule has 0 radical (unpaired) electrons. The minimum absolute atomic E-state index is 0.0223. The van der Waals surface area contributed by atoms with Crippen molar-refractivity contribution >= 4 is 26.6 Å². The molecule has 0 spiro atoms. The maximum Gasteiger partial charge on any atom is 0.329 e. The molecule has 1 aromatic heterocycles. The fourth-order valence-electron chi connectivity index (χ4n) is 4.32. The van der Waals surface area contributed by atoms with Crippen LogP contribution in [0.25, 0.3) is 10.9 Å². The summed E-state index contributed by atoms with van der Waals surface area (Å²) in [5.41, 5.74) is -0.812. The van der Waals surface area contributed by atoms with E-state index in [0.717, 1.165) is 36.9 Å². The monoisotopic (exact) mass is 420 g/mol. The number of para-hydroxylation sites is 1. The van der Waals surface area contributed by atoms with Crippen LogP contribution in [0.5, 0.6) is 0 Å². The summed E-state index contributed by atoms with van der Waals surface area (Å²) in [6.45, 7) is 1.18. The Balaban J connectivity index is 1.54. The average molecular weight is 420 g/mol. The van der Waals surface area contributed by atoms with Crippen LogP contribution in [-0.2, 0) is 21.2 Å². The fraction of sp³-hybridized carbons (Fsp3) is 0.526. The van der Waals surface area contributed by atoms with Gasteiger partial charge in [-0.3, -0.25) is 19.1 Å². The van der Waals surface area contributed by atoms with E-state index in [-0.39, 0.29) is 17.5 Å². The van der Waals surface area contributed by atoms with Crippen LogP contribution in [0.4, 0.5) is 0 Å². The largest absolute Gasteiger partial charge is 0.349 e. The quantitative estimate of drug-likeness (QED) is 0.685. The molecule has 0 bridgehead atoms. The number of benzene rings is 1. The highest BCUT2D eigenvalue weighted by molar-refractivity contribution is 7.91. The number of piperidine rings is 1. The van der Waals surface area contributed by atoms with Gasteiger partial charge >= 0.3 is 5.69 Å². The topological polar surface area (TPSA) is 121 Å². The van der Waals surface area contributed by atoms with Gasteiger partial charge in [-0.05, 0) is 38.1 Å². The Morgan fingerprint density at radius 3 is 2.59 bits per heavy atom. The third kappa shape index (κ3) is 4.13. The van der Waals surface area contributed by atoms with E-state index >= 15 is 0 Å². The van der Waals surface area contributed by atoms with Gasteiger partial charge in [0.15, 0.2) is 9.84 Å². The van der Waals surface area contributed by atoms with Crippen LogP contribution in [0.1, 0.15) is 19.3 Å². The first-order valence-corrected chi connectivity index (χ1v) is 11.6. The van der Waals surface area contributed by atoms with Crippen LogP contribution >= 0.6 is 0 Å². The summed E-state index contributed by atoms with van der Waals surface area (Å²) in [6, 6.07) is 5.78. The van der Waals surface area contributed by atoms with Crippen molar-refractivity contribution in [1.82, 2.24) is 19.8 Å². The highest BCUT2D eigenvalue weighted by atomic mass is 32.2. The molecule has 2 aliphatic heterocycles. The molecule has 156 valence electrons. The number of aromatic nitrogens is 2. The van der Waals surface area contributed by atoms with Crippen LogP contribution in [0.3, 0.4) is 0 Å². The average Bonchev–Trinajstić information content (AvgIpc) is 3.00. The number of carbonyl (C=O) groups excluding carboxylic acids is 1. The van der Waals surface area contributed by atoms with Gasteiger partial charge in [0.25, 0.3) is 5.56 Å². The van der Waals surface area contributed by atoms with Crippen LogP contribution in [0, 0.1) is 0 Å². The Kier molecular flexibility index (Phi) is 5.30. The van der Waals surface area contributed by atoms with Crippen molar-refractivity contribution in [3.8, 4) is 0 Å². The highest BCUT2D eigenvalue weighted by Gasteiger charge is 2.41. The molecule has 1 aromatic carbocycles. The molecular weight excluding hydrogens is 396 g/mol. The van der Waals surface area contributed by atoms with Crippen molar-refractivity contribution in [1.29, 1.82) is 0 Å². The third-order valence-corrected chi connectivity index (χ3v) is 7.44. The predicted octanol–water partition coefficient (Wildman–Crippen LogP) is -0.542. The SMILES string of the molecule is O=C(Cn1c(=O)[nH]c2ccccc2c1=O)NC1CS(=O)(=O)CC1N1CCCCC1. The van der Waals surface area contributed by atoms with Crippen LogP contribution in [0.15, 0.2) is 33.9 Å². The molecule has 10 heteroatoms. The van der Waals surface area contributed by atoms with Crippen molar-refractivity contribution in [2.75, 3.05) is 24.6 Å². The lowest BCUT2D eigenvalue weighted by Crippen LogP contribution is -2.53. The maximum absolute atomic E-state index is 12.6. The van der Waals surface area contributed by atoms with Gasteiger partial charge in [0.2, 0.25) is 5.91 Å². The van der Waals surface area contributed by atoms with E-state index in [4.69, 9.17) is 0 Å². The molecule has 2 aromatic rings. The molecule has 3 heterocycles. The second-order valence-corrected chi connectivity index (χ2v) is 9.94. The van der Waals surface area contributed by atoms with E-state index in [9.17, 15) is 22.8 Å². The molecule has 1 amide bonds. The minimum Gasteiger partial charge on any atom is -0.349 e. The highest BCUT2D eigenvalue weighted by Crippen LogP contribution is 2.22. The molecule has 2 fully saturated rings. The van der Waals surface area contributed by atoms with Gasteiger partial charge in [-0.1, -0.05) is 18.6 Å². The number of sulfone groups is 1. The van der Waals surface area contributed by atoms with Gasteiger partial charge < -0.3 is 10.3 Å². The maximum atomic E-state index is 12.6. The molecule has 0 saturated carbocycles. The van der Waals surface area contributed by atoms with Gasteiger partial charge in [0, 0.05) is 6.04 Å². The molecule has 2 aliphatic rings. The van der Waals surface area contributed by atoms with Crippen LogP contribution in [-0.4, -0.2) is 65.5 Å². The standard InChI is InChI=1S/C19H24N4O5S/c24-17(10-23-18(25)13-6-2-3-7-14(13)21-19(23)26)20-15-11-29(27,28)12-16(15)22-8-4-1-5-9-22/h2-3,6-7,15-16H,1,4-5,8-12H2,(H,20,24)(H,21,26). The molecular formula is C19H24N4O5S. The van der Waals surface area contributed by atoms with Crippen molar-refractivity contribution < 1.29 is 13.2 Å². The van der Waals surface area contributed by atoms with Crippen molar-refractivity contribution in [3.63, 3.8) is 0 Å². The fourth-order valence-corrected chi connectivity index (χ4v) is 6.27. The number of likely N-dealkylation sites (tertiary alicyclic amines) is 1. The van der Waals surface area contributed by atoms with Gasteiger partial charge in [-0.15, -0.1) is 0 Å². The zero-order chi connectivity index (χ0) is 20.6. The summed E-state index contributed by atoms with van der Waals surface area (Å²) in [6.07, 6.45) is 3.15. The van der Waals surface area contributed by atoms with E-state index in [1.807, 2.05) is 0 Å². The first-order chi connectivity index (χ1) is 13.8. The molecule has 2 unspecified atom stereocenters. The summed E-state index contributed by atoms with van der Waals surface area (Å²) in [7, 11) is -3.25. The zero-order valence-corrected chi connectivity index (χ0v) is 16.8. The first kappa shape index (κ1) is 19.8. The smallest absolute Gasteiger partial charge is 0.329 e. The molecule has 2 atom stereocenters. The normalized spacial score (nSPS) is 24.6. The number of nitrogens with zero attached hydrogens (tertiary/aromatic N) is 2. The van der Waals surface area contributed by atoms with E-state index in [1.165, 1.54) is 0 Å². The van der Waals surface area contributed by atoms with Gasteiger partial charge in [0.1, 0.15) is 6.54 Å². The van der Waals surface area contributed by atoms with Crippen molar-refractivity contribution in [3.05, 3.63) is 45.1 Å². The summed E-state index contributed by atoms with van der Waals surface area (Å²) in [5.74, 6) is -0.644. The Labute approximate surface area is 167 Å². The summed E-state index contributed by atoms with van der Waals surface area (Å²) < 4.78 is 25.2. The number of amides is 1. The van der Waals surface area contributed by atoms with Gasteiger partial charge in [-0.2, -0.15) is 0 Å². The van der Waals surface area contributed by atoms with E-state index in [2.05, 4.69) is 15.2 Å². The lowest BCUT2D eigenvalue weighted by Gasteiger charge is -2.35. The number of fused-ring (bicyclic) bond motifs is 1. The number of carbonyl (C=O) groups is 1. The number of hydrogen-bond acceptors (Lipinski definition) is 6. The third-order valence-electron chi connectivity index (χ3n) is 5.72. The lowest BCUT2D eigenvalue weighted by atomic mass is 10.0. The molecule has 2 N–H and O–H groups in total. The number of hydrogen-bond donors (Lipinski definition) is 2. The molecule has 29 heavy (non-hydrogen) atoms. The summed E-state index contributed by atoms with van der Waals surface area (Å²) in [5, 5.41) is 3.07. The lowest BCUT2D eigenvalue weighted by molar-refractivity contribution is -0.122. The number of aromatic amines is 1. The molecule has 2 saturated heterocycles. The molecule has 9 nitrogen and oxygen atoms in total. The Hall–Kier alpha value is -2.46. The molecule has 0 aliphatic carbocycles. The Morgan fingerprint density at radius 1 is 1.10 bits per heavy atom. The zero-order valence-electron chi connectivity index (χ0n) is 16.0. The Morgan fingerprint density at radius 2 is 1.83 bits per heavy atom. The predicted molar refractivity (Wildman–Crippen MR) is 109 cm³/mol. The second-order valence-electron chi connectivity index (χ2n) is 7.78. The first-order valence-electron chi connectivity index (χ1n) is 9.80. The minimum atomic E-state index is -3.25. The van der Waals surface area contributed by atoms with Gasteiger partial charge in [0.05, 0.1) is 28.5 Å². The summed E-state index contributed by atoms with van der Waals surface area (Å²) in [4.78, 5) is 42.2. The van der Waals surface area contributed by atoms with E-state index in [1.54, 1.807) is 24.3 Å². The number of H-pyrrole nitrogens is 1. The number of rotatable bonds is 4. The van der Waals surface area contributed by atoms with E-state index < -0.39 is 39.6 Å². The van der Waals surface area contributed by atoms with E-state index in [0.29, 0.717) is 10.9 Å². The second kappa shape index (κ2) is 7.75. The van der Waals surface area contributed by atoms with Gasteiger partial charge in [-0.25, -0.2) is 13.2 Å². The number of nitrogens with one attached hydrogen (secondary N) is 2. The summed E-state index contributed by atoms with van der Waals surface area (Å²) >= 11 is 0.